The largest absolute Gasteiger partial charge is 0.497 e. The fourth-order valence-corrected chi connectivity index (χ4v) is 2.76. The van der Waals surface area contributed by atoms with Crippen LogP contribution in [0, 0.1) is 0 Å². The number of anilines is 1. The number of carbonyl (C=O) groups is 1. The number of aromatic nitrogens is 1. The van der Waals surface area contributed by atoms with Crippen molar-refractivity contribution < 1.29 is 9.53 Å². The predicted molar refractivity (Wildman–Crippen MR) is 86.1 cm³/mol. The van der Waals surface area contributed by atoms with E-state index in [0.717, 1.165) is 17.0 Å². The Kier molecular flexibility index (Phi) is 4.63. The Morgan fingerprint density at radius 1 is 1.38 bits per heavy atom. The van der Waals surface area contributed by atoms with Crippen molar-refractivity contribution in [2.45, 2.75) is 32.6 Å². The molecule has 1 aromatic heterocycles. The normalized spacial score (nSPS) is 11.2. The zero-order valence-electron chi connectivity index (χ0n) is 12.8. The first-order valence-corrected chi connectivity index (χ1v) is 7.65. The first-order valence-electron chi connectivity index (χ1n) is 6.77. The van der Waals surface area contributed by atoms with Crippen LogP contribution in [0.2, 0.25) is 0 Å². The Morgan fingerprint density at radius 3 is 2.76 bits per heavy atom. The van der Waals surface area contributed by atoms with Gasteiger partial charge in [-0.1, -0.05) is 32.9 Å². The van der Waals surface area contributed by atoms with Crippen LogP contribution in [0.5, 0.6) is 5.75 Å². The number of methoxy groups -OCH3 is 1. The van der Waals surface area contributed by atoms with E-state index in [9.17, 15) is 4.79 Å². The van der Waals surface area contributed by atoms with Crippen molar-refractivity contribution in [1.29, 1.82) is 0 Å². The number of benzene rings is 1. The number of thiazole rings is 1. The molecule has 0 aliphatic rings. The molecule has 0 atom stereocenters. The van der Waals surface area contributed by atoms with Crippen LogP contribution < -0.4 is 10.1 Å². The van der Waals surface area contributed by atoms with Crippen molar-refractivity contribution in [1.82, 2.24) is 4.98 Å². The van der Waals surface area contributed by atoms with E-state index in [1.807, 2.05) is 29.6 Å². The van der Waals surface area contributed by atoms with E-state index in [2.05, 4.69) is 31.1 Å². The second kappa shape index (κ2) is 6.26. The van der Waals surface area contributed by atoms with Gasteiger partial charge < -0.3 is 10.1 Å². The highest BCUT2D eigenvalue weighted by Crippen LogP contribution is 2.26. The Hall–Kier alpha value is -1.88. The molecule has 4 nitrogen and oxygen atoms in total. The third-order valence-electron chi connectivity index (χ3n) is 3.02. The van der Waals surface area contributed by atoms with Crippen LogP contribution in [0.1, 0.15) is 32.0 Å². The highest BCUT2D eigenvalue weighted by atomic mass is 32.1. The number of carbonyl (C=O) groups excluding carboxylic acids is 1. The summed E-state index contributed by atoms with van der Waals surface area (Å²) < 4.78 is 5.15. The smallest absolute Gasteiger partial charge is 0.230 e. The molecular formula is C16H20N2O2S. The summed E-state index contributed by atoms with van der Waals surface area (Å²) in [4.78, 5) is 16.5. The van der Waals surface area contributed by atoms with Gasteiger partial charge in [-0.15, -0.1) is 11.3 Å². The Morgan fingerprint density at radius 2 is 2.14 bits per heavy atom. The highest BCUT2D eigenvalue weighted by Gasteiger charge is 2.18. The Bertz CT molecular complexity index is 629. The molecule has 5 heteroatoms. The molecule has 0 unspecified atom stereocenters. The van der Waals surface area contributed by atoms with Crippen molar-refractivity contribution in [3.63, 3.8) is 0 Å². The van der Waals surface area contributed by atoms with Crippen molar-refractivity contribution in [2.24, 2.45) is 0 Å². The SMILES string of the molecule is COc1cccc(CC(=O)Nc2nc(C(C)(C)C)cs2)c1. The van der Waals surface area contributed by atoms with Gasteiger partial charge in [-0.2, -0.15) is 0 Å². The van der Waals surface area contributed by atoms with Crippen LogP contribution in [0.15, 0.2) is 29.6 Å². The van der Waals surface area contributed by atoms with Crippen LogP contribution in [0.25, 0.3) is 0 Å². The molecule has 21 heavy (non-hydrogen) atoms. The van der Waals surface area contributed by atoms with Gasteiger partial charge in [-0.3, -0.25) is 4.79 Å². The molecule has 0 aliphatic heterocycles. The molecule has 1 N–H and O–H groups in total. The second-order valence-corrected chi connectivity index (χ2v) is 6.72. The van der Waals surface area contributed by atoms with Gasteiger partial charge in [-0.25, -0.2) is 4.98 Å². The summed E-state index contributed by atoms with van der Waals surface area (Å²) in [5, 5.41) is 5.48. The molecule has 0 saturated heterocycles. The summed E-state index contributed by atoms with van der Waals surface area (Å²) in [6.07, 6.45) is 0.307. The number of hydrogen-bond acceptors (Lipinski definition) is 4. The van der Waals surface area contributed by atoms with Crippen LogP contribution in [0.4, 0.5) is 5.13 Å². The summed E-state index contributed by atoms with van der Waals surface area (Å²) in [5.74, 6) is 0.683. The maximum atomic E-state index is 12.1. The van der Waals surface area contributed by atoms with Crippen LogP contribution >= 0.6 is 11.3 Å². The van der Waals surface area contributed by atoms with Crippen LogP contribution in [-0.4, -0.2) is 18.0 Å². The van der Waals surface area contributed by atoms with Gasteiger partial charge in [-0.05, 0) is 17.7 Å². The Labute approximate surface area is 129 Å². The van der Waals surface area contributed by atoms with Crippen LogP contribution in [-0.2, 0) is 16.6 Å². The van der Waals surface area contributed by atoms with Gasteiger partial charge in [0.05, 0.1) is 19.2 Å². The lowest BCUT2D eigenvalue weighted by Crippen LogP contribution is -2.15. The molecule has 1 aromatic carbocycles. The van der Waals surface area contributed by atoms with Gasteiger partial charge in [0.25, 0.3) is 0 Å². The minimum atomic E-state index is -0.0712. The van der Waals surface area contributed by atoms with Crippen molar-refractivity contribution in [2.75, 3.05) is 12.4 Å². The zero-order chi connectivity index (χ0) is 15.5. The standard InChI is InChI=1S/C16H20N2O2S/c1-16(2,3)13-10-21-15(17-13)18-14(19)9-11-6-5-7-12(8-11)20-4/h5-8,10H,9H2,1-4H3,(H,17,18,19). The van der Waals surface area contributed by atoms with Crippen LogP contribution in [0.3, 0.4) is 0 Å². The molecular weight excluding hydrogens is 284 g/mol. The maximum absolute atomic E-state index is 12.1. The van der Waals surface area contributed by atoms with Gasteiger partial charge in [0.1, 0.15) is 5.75 Å². The lowest BCUT2D eigenvalue weighted by Gasteiger charge is -2.14. The quantitative estimate of drug-likeness (QED) is 0.938. The van der Waals surface area contributed by atoms with Crippen molar-refractivity contribution in [3.8, 4) is 5.75 Å². The number of hydrogen-bond donors (Lipinski definition) is 1. The van der Waals surface area contributed by atoms with E-state index in [0.29, 0.717) is 11.6 Å². The monoisotopic (exact) mass is 304 g/mol. The Balaban J connectivity index is 2.00. The number of ether oxygens (including phenoxy) is 1. The summed E-state index contributed by atoms with van der Waals surface area (Å²) in [6, 6.07) is 7.51. The molecule has 112 valence electrons. The molecule has 0 fully saturated rings. The highest BCUT2D eigenvalue weighted by molar-refractivity contribution is 7.13. The van der Waals surface area contributed by atoms with Gasteiger partial charge in [0, 0.05) is 10.8 Å². The molecule has 1 amide bonds. The third kappa shape index (κ3) is 4.29. The minimum Gasteiger partial charge on any atom is -0.497 e. The molecule has 2 aromatic rings. The summed E-state index contributed by atoms with van der Waals surface area (Å²) >= 11 is 1.46. The fourth-order valence-electron chi connectivity index (χ4n) is 1.81. The average Bonchev–Trinajstić information content (AvgIpc) is 2.87. The maximum Gasteiger partial charge on any atom is 0.230 e. The lowest BCUT2D eigenvalue weighted by molar-refractivity contribution is -0.115. The van der Waals surface area contributed by atoms with Crippen molar-refractivity contribution in [3.05, 3.63) is 40.9 Å². The number of amides is 1. The summed E-state index contributed by atoms with van der Waals surface area (Å²) in [5.41, 5.74) is 1.90. The predicted octanol–water partition coefficient (Wildman–Crippen LogP) is 3.63. The number of nitrogens with zero attached hydrogens (tertiary/aromatic N) is 1. The van der Waals surface area contributed by atoms with Gasteiger partial charge in [0.2, 0.25) is 5.91 Å². The first-order chi connectivity index (χ1) is 9.88. The van der Waals surface area contributed by atoms with Crippen molar-refractivity contribution >= 4 is 22.4 Å². The second-order valence-electron chi connectivity index (χ2n) is 5.86. The molecule has 0 saturated carbocycles. The minimum absolute atomic E-state index is 0.00766. The molecule has 2 rings (SSSR count). The van der Waals surface area contributed by atoms with Gasteiger partial charge >= 0.3 is 0 Å². The average molecular weight is 304 g/mol. The van der Waals surface area contributed by atoms with E-state index in [-0.39, 0.29) is 11.3 Å². The van der Waals surface area contributed by atoms with E-state index in [1.165, 1.54) is 11.3 Å². The molecule has 1 heterocycles. The fraction of sp³-hybridized carbons (Fsp3) is 0.375. The first kappa shape index (κ1) is 15.5. The van der Waals surface area contributed by atoms with E-state index in [1.54, 1.807) is 7.11 Å². The van der Waals surface area contributed by atoms with E-state index in [4.69, 9.17) is 4.74 Å². The topological polar surface area (TPSA) is 51.2 Å². The lowest BCUT2D eigenvalue weighted by atomic mass is 9.93. The molecule has 0 aliphatic carbocycles. The van der Waals surface area contributed by atoms with E-state index < -0.39 is 0 Å². The van der Waals surface area contributed by atoms with Gasteiger partial charge in [0.15, 0.2) is 5.13 Å². The number of rotatable bonds is 4. The molecule has 0 spiro atoms. The number of nitrogens with one attached hydrogen (secondary N) is 1. The molecule has 0 radical (unpaired) electrons. The molecule has 0 bridgehead atoms. The van der Waals surface area contributed by atoms with E-state index >= 15 is 0 Å². The zero-order valence-corrected chi connectivity index (χ0v) is 13.6. The third-order valence-corrected chi connectivity index (χ3v) is 3.78. The summed E-state index contributed by atoms with van der Waals surface area (Å²) in [6.45, 7) is 6.30. The summed E-state index contributed by atoms with van der Waals surface area (Å²) in [7, 11) is 1.61.